The smallest absolute Gasteiger partial charge is 0.332 e. The highest BCUT2D eigenvalue weighted by molar-refractivity contribution is 6.18. The molecule has 1 aromatic carbocycles. The Labute approximate surface area is 233 Å². The molecule has 0 spiro atoms. The molecule has 0 bridgehead atoms. The molecule has 1 amide bonds. The molecule has 0 saturated carbocycles. The average Bonchev–Trinajstić information content (AvgIpc) is 2.89. The molecule has 0 aliphatic carbocycles. The molecule has 13 heteroatoms. The van der Waals surface area contributed by atoms with E-state index in [9.17, 15) is 24.9 Å². The zero-order chi connectivity index (χ0) is 28.2. The molecule has 216 valence electrons. The summed E-state index contributed by atoms with van der Waals surface area (Å²) in [6.45, 7) is 3.85. The van der Waals surface area contributed by atoms with Gasteiger partial charge in [0.15, 0.2) is 12.3 Å². The van der Waals surface area contributed by atoms with Crippen molar-refractivity contribution in [1.82, 2.24) is 10.4 Å². The van der Waals surface area contributed by atoms with Gasteiger partial charge in [-0.3, -0.25) is 9.63 Å². The summed E-state index contributed by atoms with van der Waals surface area (Å²) in [6.07, 6.45) is -4.50. The molecule has 6 atom stereocenters. The van der Waals surface area contributed by atoms with Crippen LogP contribution in [0, 0.1) is 0 Å². The number of aryl methyl sites for hydroxylation is 1. The minimum Gasteiger partial charge on any atom is -0.479 e. The van der Waals surface area contributed by atoms with Crippen molar-refractivity contribution < 1.29 is 39.2 Å². The average molecular weight is 581 g/mol. The van der Waals surface area contributed by atoms with E-state index in [1.807, 2.05) is 24.3 Å². The van der Waals surface area contributed by atoms with Crippen LogP contribution < -0.4 is 10.2 Å². The molecule has 1 saturated heterocycles. The maximum absolute atomic E-state index is 12.0. The number of aliphatic carboxylic acids is 1. The third-order valence-corrected chi connectivity index (χ3v) is 6.66. The zero-order valence-corrected chi connectivity index (χ0v) is 23.5. The van der Waals surface area contributed by atoms with Crippen molar-refractivity contribution in [3.8, 4) is 0 Å². The van der Waals surface area contributed by atoms with Crippen LogP contribution >= 0.6 is 23.2 Å². The number of hydrogen-bond donors (Lipinski definition) is 4. The lowest BCUT2D eigenvalue weighted by molar-refractivity contribution is -0.311. The van der Waals surface area contributed by atoms with E-state index in [0.29, 0.717) is 44.2 Å². The summed E-state index contributed by atoms with van der Waals surface area (Å²) in [5.41, 5.74) is 2.14. The number of nitrogens with one attached hydrogen (secondary N) is 1. The minimum atomic E-state index is -1.38. The van der Waals surface area contributed by atoms with E-state index < -0.39 is 55.2 Å². The molecule has 1 fully saturated rings. The number of carboxylic acid groups (broad SMARTS) is 1. The Balaban J connectivity index is 2.14. The number of carbonyl (C=O) groups is 2. The number of rotatable bonds is 16. The number of halogens is 2. The van der Waals surface area contributed by atoms with Crippen molar-refractivity contribution in [1.29, 1.82) is 0 Å². The van der Waals surface area contributed by atoms with E-state index in [2.05, 4.69) is 10.2 Å². The highest BCUT2D eigenvalue weighted by Crippen LogP contribution is 2.27. The molecule has 2 rings (SSSR count). The van der Waals surface area contributed by atoms with Gasteiger partial charge in [0, 0.05) is 44.0 Å². The molecule has 0 aromatic heterocycles. The molecule has 1 aliphatic heterocycles. The molecule has 4 N–H and O–H groups in total. The molecule has 0 unspecified atom stereocenters. The summed E-state index contributed by atoms with van der Waals surface area (Å²) in [7, 11) is 1.44. The fraction of sp³-hybridized carbons (Fsp3) is 0.680. The lowest BCUT2D eigenvalue weighted by Crippen LogP contribution is -2.69. The van der Waals surface area contributed by atoms with Gasteiger partial charge in [-0.25, -0.2) is 4.79 Å². The van der Waals surface area contributed by atoms with Crippen LogP contribution in [0.25, 0.3) is 0 Å². The summed E-state index contributed by atoms with van der Waals surface area (Å²) >= 11 is 11.8. The summed E-state index contributed by atoms with van der Waals surface area (Å²) < 4.78 is 11.5. The highest BCUT2D eigenvalue weighted by Gasteiger charge is 2.49. The highest BCUT2D eigenvalue weighted by atomic mass is 35.5. The first-order valence-corrected chi connectivity index (χ1v) is 13.6. The van der Waals surface area contributed by atoms with E-state index in [0.717, 1.165) is 11.3 Å². The van der Waals surface area contributed by atoms with E-state index in [-0.39, 0.29) is 0 Å². The van der Waals surface area contributed by atoms with Gasteiger partial charge in [0.05, 0.1) is 19.8 Å². The molecular formula is C25H39Cl2N3O8. The number of anilines is 1. The first-order valence-electron chi connectivity index (χ1n) is 12.5. The number of carbonyl (C=O) groups excluding carboxylic acids is 1. The zero-order valence-electron chi connectivity index (χ0n) is 22.0. The quantitative estimate of drug-likeness (QED) is 0.167. The SMILES string of the molecule is CON(CCCc1ccc(N(CCCl)CCCl)cc1)[C@@H]1O[C@H](CO)[C@@H](O)[C@H](O[C@H](C)C(=O)O)[C@H]1NC(C)=O. The van der Waals surface area contributed by atoms with Crippen molar-refractivity contribution in [2.75, 3.05) is 50.0 Å². The number of aliphatic hydroxyl groups excluding tert-OH is 2. The predicted octanol–water partition coefficient (Wildman–Crippen LogP) is 1.21. The number of ether oxygens (including phenoxy) is 2. The second-order valence-corrected chi connectivity index (χ2v) is 9.76. The van der Waals surface area contributed by atoms with Crippen molar-refractivity contribution >= 4 is 40.8 Å². The number of nitrogens with zero attached hydrogens (tertiary/aromatic N) is 2. The van der Waals surface area contributed by atoms with Gasteiger partial charge in [-0.15, -0.1) is 23.2 Å². The Morgan fingerprint density at radius 3 is 2.29 bits per heavy atom. The van der Waals surface area contributed by atoms with E-state index in [1.54, 1.807) is 0 Å². The lowest BCUT2D eigenvalue weighted by atomic mass is 9.95. The molecule has 11 nitrogen and oxygen atoms in total. The van der Waals surface area contributed by atoms with E-state index in [1.165, 1.54) is 26.0 Å². The molecule has 38 heavy (non-hydrogen) atoms. The molecule has 1 aliphatic rings. The summed E-state index contributed by atoms with van der Waals surface area (Å²) in [6, 6.07) is 7.15. The van der Waals surface area contributed by atoms with Crippen LogP contribution in [0.5, 0.6) is 0 Å². The van der Waals surface area contributed by atoms with Gasteiger partial charge in [0.25, 0.3) is 0 Å². The van der Waals surface area contributed by atoms with Gasteiger partial charge in [-0.05, 0) is 37.5 Å². The van der Waals surface area contributed by atoms with Gasteiger partial charge >= 0.3 is 5.97 Å². The normalized spacial score (nSPS) is 24.3. The topological polar surface area (TPSA) is 141 Å². The Morgan fingerprint density at radius 2 is 1.79 bits per heavy atom. The summed E-state index contributed by atoms with van der Waals surface area (Å²) in [5.74, 6) is -0.652. The van der Waals surface area contributed by atoms with E-state index >= 15 is 0 Å². The number of carboxylic acids is 1. The van der Waals surface area contributed by atoms with Gasteiger partial charge in [0.2, 0.25) is 5.91 Å². The summed E-state index contributed by atoms with van der Waals surface area (Å²) in [4.78, 5) is 31.1. The van der Waals surface area contributed by atoms with Crippen molar-refractivity contribution in [2.24, 2.45) is 0 Å². The first kappa shape index (κ1) is 32.5. The van der Waals surface area contributed by atoms with Crippen molar-refractivity contribution in [3.05, 3.63) is 29.8 Å². The Hall–Kier alpha value is -1.70. The van der Waals surface area contributed by atoms with Crippen LogP contribution in [0.15, 0.2) is 24.3 Å². The fourth-order valence-corrected chi connectivity index (χ4v) is 4.79. The predicted molar refractivity (Wildman–Crippen MR) is 143 cm³/mol. The second kappa shape index (κ2) is 16.4. The Kier molecular flexibility index (Phi) is 14.0. The van der Waals surface area contributed by atoms with Crippen LogP contribution in [0.2, 0.25) is 0 Å². The number of amides is 1. The van der Waals surface area contributed by atoms with Crippen LogP contribution in [-0.4, -0.2) is 114 Å². The monoisotopic (exact) mass is 579 g/mol. The van der Waals surface area contributed by atoms with Gasteiger partial charge in [-0.2, -0.15) is 5.06 Å². The number of aliphatic hydroxyl groups is 2. The number of hydrogen-bond acceptors (Lipinski definition) is 9. The van der Waals surface area contributed by atoms with Gasteiger partial charge in [0.1, 0.15) is 18.3 Å². The van der Waals surface area contributed by atoms with Crippen LogP contribution in [0.3, 0.4) is 0 Å². The largest absolute Gasteiger partial charge is 0.479 e. The Bertz CT molecular complexity index is 860. The van der Waals surface area contributed by atoms with Crippen LogP contribution in [-0.2, 0) is 30.3 Å². The first-order chi connectivity index (χ1) is 18.2. The van der Waals surface area contributed by atoms with Crippen LogP contribution in [0.1, 0.15) is 25.8 Å². The van der Waals surface area contributed by atoms with Crippen molar-refractivity contribution in [2.45, 2.75) is 63.4 Å². The third kappa shape index (κ3) is 9.20. The van der Waals surface area contributed by atoms with Crippen molar-refractivity contribution in [3.63, 3.8) is 0 Å². The molecular weight excluding hydrogens is 541 g/mol. The minimum absolute atomic E-state index is 0.374. The maximum Gasteiger partial charge on any atom is 0.332 e. The van der Waals surface area contributed by atoms with Gasteiger partial charge < -0.3 is 35.0 Å². The number of benzene rings is 1. The molecule has 0 radical (unpaired) electrons. The molecule has 1 aromatic rings. The second-order valence-electron chi connectivity index (χ2n) is 9.00. The number of hydroxylamine groups is 2. The third-order valence-electron chi connectivity index (χ3n) is 6.32. The van der Waals surface area contributed by atoms with E-state index in [4.69, 9.17) is 37.5 Å². The Morgan fingerprint density at radius 1 is 1.16 bits per heavy atom. The lowest BCUT2D eigenvalue weighted by Gasteiger charge is -2.47. The maximum atomic E-state index is 12.0. The standard InChI is InChI=1S/C25H39Cl2N3O8/c1-16(25(34)35)37-23-21(28-17(2)32)24(38-20(15-31)22(23)33)30(36-3)12-4-5-18-6-8-19(9-7-18)29(13-10-26)14-11-27/h6-9,16,20-24,31,33H,4-5,10-15H2,1-3H3,(H,28,32)(H,34,35)/t16-,20-,21-,22-,23-,24-/m1/s1. The summed E-state index contributed by atoms with van der Waals surface area (Å²) in [5, 5.41) is 34.0. The number of alkyl halides is 2. The van der Waals surface area contributed by atoms with Crippen LogP contribution in [0.4, 0.5) is 5.69 Å². The fourth-order valence-electron chi connectivity index (χ4n) is 4.38. The van der Waals surface area contributed by atoms with Gasteiger partial charge in [-0.1, -0.05) is 12.1 Å². The molecule has 1 heterocycles.